The number of urea groups is 1. The molecule has 2 aromatic rings. The van der Waals surface area contributed by atoms with E-state index in [1.54, 1.807) is 23.1 Å². The minimum atomic E-state index is -0.534. The van der Waals surface area contributed by atoms with Crippen LogP contribution in [-0.4, -0.2) is 34.8 Å². The SMILES string of the molecule is CC(C)N1C(=O)N(c2ccc3c(c2)CNC3=O)C(=O)C1Cc1ccccc1. The van der Waals surface area contributed by atoms with Crippen LogP contribution in [0.4, 0.5) is 10.5 Å². The third-order valence-electron chi connectivity index (χ3n) is 5.11. The Hall–Kier alpha value is -3.15. The number of nitrogens with one attached hydrogen (secondary N) is 1. The molecule has 2 aromatic carbocycles. The molecule has 1 unspecified atom stereocenters. The number of hydrogen-bond donors (Lipinski definition) is 1. The van der Waals surface area contributed by atoms with E-state index in [2.05, 4.69) is 5.32 Å². The van der Waals surface area contributed by atoms with E-state index in [1.807, 2.05) is 44.2 Å². The number of rotatable bonds is 4. The van der Waals surface area contributed by atoms with Gasteiger partial charge in [0.2, 0.25) is 0 Å². The van der Waals surface area contributed by atoms with Crippen molar-refractivity contribution in [2.45, 2.75) is 38.9 Å². The average molecular weight is 363 g/mol. The van der Waals surface area contributed by atoms with Crippen molar-refractivity contribution in [3.63, 3.8) is 0 Å². The molecule has 1 saturated heterocycles. The van der Waals surface area contributed by atoms with Crippen molar-refractivity contribution in [3.05, 3.63) is 65.2 Å². The summed E-state index contributed by atoms with van der Waals surface area (Å²) in [4.78, 5) is 40.9. The minimum absolute atomic E-state index is 0.0992. The molecule has 0 aromatic heterocycles. The standard InChI is InChI=1S/C21H21N3O3/c1-13(2)23-18(10-14-6-4-3-5-7-14)20(26)24(21(23)27)16-8-9-17-15(11-16)12-22-19(17)25/h3-9,11,13,18H,10,12H2,1-2H3,(H,22,25). The first-order valence-corrected chi connectivity index (χ1v) is 9.08. The molecule has 0 bridgehead atoms. The lowest BCUT2D eigenvalue weighted by Gasteiger charge is -2.25. The fourth-order valence-corrected chi connectivity index (χ4v) is 3.81. The zero-order valence-electron chi connectivity index (χ0n) is 15.3. The van der Waals surface area contributed by atoms with Gasteiger partial charge in [0.05, 0.1) is 5.69 Å². The Morgan fingerprint density at radius 3 is 2.52 bits per heavy atom. The number of hydrogen-bond acceptors (Lipinski definition) is 3. The molecular formula is C21H21N3O3. The molecule has 2 aliphatic heterocycles. The van der Waals surface area contributed by atoms with Crippen LogP contribution >= 0.6 is 0 Å². The van der Waals surface area contributed by atoms with E-state index >= 15 is 0 Å². The molecule has 1 atom stereocenters. The van der Waals surface area contributed by atoms with Gasteiger partial charge in [-0.15, -0.1) is 0 Å². The summed E-state index contributed by atoms with van der Waals surface area (Å²) < 4.78 is 0. The quantitative estimate of drug-likeness (QED) is 0.849. The highest BCUT2D eigenvalue weighted by atomic mass is 16.2. The van der Waals surface area contributed by atoms with Crippen molar-refractivity contribution in [1.82, 2.24) is 10.2 Å². The summed E-state index contributed by atoms with van der Waals surface area (Å²) >= 11 is 0. The zero-order valence-corrected chi connectivity index (χ0v) is 15.3. The van der Waals surface area contributed by atoms with Crippen LogP contribution in [-0.2, 0) is 17.8 Å². The second kappa shape index (κ2) is 6.54. The Morgan fingerprint density at radius 1 is 1.07 bits per heavy atom. The van der Waals surface area contributed by atoms with Gasteiger partial charge in [-0.3, -0.25) is 9.59 Å². The van der Waals surface area contributed by atoms with Crippen molar-refractivity contribution < 1.29 is 14.4 Å². The van der Waals surface area contributed by atoms with Crippen molar-refractivity contribution >= 4 is 23.5 Å². The molecule has 0 aliphatic carbocycles. The van der Waals surface area contributed by atoms with Crippen LogP contribution in [0.5, 0.6) is 0 Å². The summed E-state index contributed by atoms with van der Waals surface area (Å²) in [7, 11) is 0. The van der Waals surface area contributed by atoms with Gasteiger partial charge < -0.3 is 10.2 Å². The van der Waals surface area contributed by atoms with Crippen molar-refractivity contribution in [2.75, 3.05) is 4.90 Å². The number of fused-ring (bicyclic) bond motifs is 1. The highest BCUT2D eigenvalue weighted by Gasteiger charge is 2.47. The third kappa shape index (κ3) is 2.87. The topological polar surface area (TPSA) is 69.7 Å². The van der Waals surface area contributed by atoms with Crippen molar-refractivity contribution in [3.8, 4) is 0 Å². The molecular weight excluding hydrogens is 342 g/mol. The predicted molar refractivity (Wildman–Crippen MR) is 101 cm³/mol. The number of nitrogens with zero attached hydrogens (tertiary/aromatic N) is 2. The molecule has 27 heavy (non-hydrogen) atoms. The second-order valence-corrected chi connectivity index (χ2v) is 7.19. The molecule has 6 heteroatoms. The summed E-state index contributed by atoms with van der Waals surface area (Å²) in [6, 6.07) is 13.9. The van der Waals surface area contributed by atoms with Crippen LogP contribution < -0.4 is 10.2 Å². The van der Waals surface area contributed by atoms with Crippen molar-refractivity contribution in [1.29, 1.82) is 0 Å². The predicted octanol–water partition coefficient (Wildman–Crippen LogP) is 2.72. The van der Waals surface area contributed by atoms with E-state index in [9.17, 15) is 14.4 Å². The number of amides is 4. The van der Waals surface area contributed by atoms with Gasteiger partial charge >= 0.3 is 6.03 Å². The average Bonchev–Trinajstić information content (AvgIpc) is 3.13. The van der Waals surface area contributed by atoms with Gasteiger partial charge in [-0.1, -0.05) is 30.3 Å². The van der Waals surface area contributed by atoms with Crippen LogP contribution in [0.25, 0.3) is 0 Å². The Balaban J connectivity index is 1.69. The van der Waals surface area contributed by atoms with Crippen LogP contribution in [0, 0.1) is 0 Å². The van der Waals surface area contributed by atoms with Gasteiger partial charge in [-0.05, 0) is 43.2 Å². The molecule has 1 fully saturated rings. The van der Waals surface area contributed by atoms with Crippen LogP contribution in [0.1, 0.15) is 35.3 Å². The fraction of sp³-hybridized carbons (Fsp3) is 0.286. The monoisotopic (exact) mass is 363 g/mol. The van der Waals surface area contributed by atoms with E-state index in [0.717, 1.165) is 11.1 Å². The maximum Gasteiger partial charge on any atom is 0.332 e. The lowest BCUT2D eigenvalue weighted by Crippen LogP contribution is -2.41. The van der Waals surface area contributed by atoms with Gasteiger partial charge in [-0.2, -0.15) is 0 Å². The molecule has 2 heterocycles. The maximum atomic E-state index is 13.2. The molecule has 6 nitrogen and oxygen atoms in total. The number of carbonyl (C=O) groups is 3. The van der Waals surface area contributed by atoms with Crippen molar-refractivity contribution in [2.24, 2.45) is 0 Å². The summed E-state index contributed by atoms with van der Waals surface area (Å²) in [6.45, 7) is 4.25. The number of imide groups is 1. The zero-order chi connectivity index (χ0) is 19.1. The molecule has 4 rings (SSSR count). The molecule has 2 aliphatic rings. The molecule has 4 amide bonds. The second-order valence-electron chi connectivity index (χ2n) is 7.19. The third-order valence-corrected chi connectivity index (χ3v) is 5.11. The van der Waals surface area contributed by atoms with Gasteiger partial charge in [0.1, 0.15) is 6.04 Å². The first kappa shape index (κ1) is 17.3. The first-order valence-electron chi connectivity index (χ1n) is 9.08. The van der Waals surface area contributed by atoms with Crippen LogP contribution in [0.3, 0.4) is 0 Å². The number of anilines is 1. The van der Waals surface area contributed by atoms with E-state index in [-0.39, 0.29) is 23.9 Å². The van der Waals surface area contributed by atoms with Gasteiger partial charge in [0, 0.05) is 24.6 Å². The van der Waals surface area contributed by atoms with Gasteiger partial charge in [0.25, 0.3) is 11.8 Å². The summed E-state index contributed by atoms with van der Waals surface area (Å²) in [6.07, 6.45) is 0.477. The van der Waals surface area contributed by atoms with E-state index in [1.165, 1.54) is 4.90 Å². The lowest BCUT2D eigenvalue weighted by atomic mass is 10.0. The van der Waals surface area contributed by atoms with Crippen LogP contribution in [0.15, 0.2) is 48.5 Å². The van der Waals surface area contributed by atoms with E-state index < -0.39 is 6.04 Å². The number of benzene rings is 2. The Morgan fingerprint density at radius 2 is 1.81 bits per heavy atom. The van der Waals surface area contributed by atoms with E-state index in [4.69, 9.17) is 0 Å². The molecule has 1 N–H and O–H groups in total. The number of carbonyl (C=O) groups excluding carboxylic acids is 3. The van der Waals surface area contributed by atoms with Crippen LogP contribution in [0.2, 0.25) is 0 Å². The van der Waals surface area contributed by atoms with Gasteiger partial charge in [0.15, 0.2) is 0 Å². The highest BCUT2D eigenvalue weighted by Crippen LogP contribution is 2.31. The molecule has 0 saturated carbocycles. The Labute approximate surface area is 157 Å². The Bertz CT molecular complexity index is 924. The highest BCUT2D eigenvalue weighted by molar-refractivity contribution is 6.21. The molecule has 0 radical (unpaired) electrons. The maximum absolute atomic E-state index is 13.2. The smallest absolute Gasteiger partial charge is 0.332 e. The molecule has 0 spiro atoms. The van der Waals surface area contributed by atoms with Gasteiger partial charge in [-0.25, -0.2) is 9.69 Å². The largest absolute Gasteiger partial charge is 0.348 e. The summed E-state index contributed by atoms with van der Waals surface area (Å²) in [5, 5.41) is 2.76. The minimum Gasteiger partial charge on any atom is -0.348 e. The normalized spacial score (nSPS) is 19.1. The summed E-state index contributed by atoms with van der Waals surface area (Å²) in [5.41, 5.74) is 2.93. The first-order chi connectivity index (χ1) is 13.0. The lowest BCUT2D eigenvalue weighted by molar-refractivity contribution is -0.120. The fourth-order valence-electron chi connectivity index (χ4n) is 3.81. The van der Waals surface area contributed by atoms with E-state index in [0.29, 0.717) is 24.2 Å². The summed E-state index contributed by atoms with van der Waals surface area (Å²) in [5.74, 6) is -0.351. The Kier molecular flexibility index (Phi) is 4.18. The molecule has 138 valence electrons.